The molecule has 0 unspecified atom stereocenters. The molecule has 0 aliphatic rings. The fourth-order valence-electron chi connectivity index (χ4n) is 2.34. The van der Waals surface area contributed by atoms with Gasteiger partial charge >= 0.3 is 5.97 Å². The van der Waals surface area contributed by atoms with Crippen LogP contribution in [0.15, 0.2) is 36.4 Å². The van der Waals surface area contributed by atoms with Gasteiger partial charge in [0.05, 0.1) is 9.95 Å². The van der Waals surface area contributed by atoms with Crippen LogP contribution in [0.25, 0.3) is 10.1 Å². The number of fused-ring (bicyclic) bond motifs is 1. The largest absolute Gasteiger partial charge is 0.507 e. The molecule has 2 aromatic carbocycles. The summed E-state index contributed by atoms with van der Waals surface area (Å²) >= 11 is 7.06. The lowest BCUT2D eigenvalue weighted by molar-refractivity contribution is -0.382. The van der Waals surface area contributed by atoms with Crippen LogP contribution >= 0.6 is 22.9 Å². The minimum absolute atomic E-state index is 0.0564. The molecule has 0 atom stereocenters. The summed E-state index contributed by atoms with van der Waals surface area (Å²) < 4.78 is 0.268. The predicted molar refractivity (Wildman–Crippen MR) is 96.5 cm³/mol. The first-order chi connectivity index (χ1) is 12.3. The van der Waals surface area contributed by atoms with Gasteiger partial charge in [-0.2, -0.15) is 0 Å². The van der Waals surface area contributed by atoms with Crippen molar-refractivity contribution in [3.63, 3.8) is 0 Å². The number of nitro groups is 1. The maximum absolute atomic E-state index is 12.5. The van der Waals surface area contributed by atoms with Crippen LogP contribution in [0.3, 0.4) is 0 Å². The Morgan fingerprint density at radius 3 is 2.62 bits per heavy atom. The third-order valence-electron chi connectivity index (χ3n) is 3.52. The zero-order valence-electron chi connectivity index (χ0n) is 12.7. The van der Waals surface area contributed by atoms with Gasteiger partial charge < -0.3 is 15.5 Å². The molecule has 1 heterocycles. The van der Waals surface area contributed by atoms with Crippen molar-refractivity contribution in [2.45, 2.75) is 0 Å². The van der Waals surface area contributed by atoms with E-state index in [-0.39, 0.29) is 31.5 Å². The summed E-state index contributed by atoms with van der Waals surface area (Å²) in [6.07, 6.45) is 0. The van der Waals surface area contributed by atoms with Gasteiger partial charge in [0.2, 0.25) is 0 Å². The summed E-state index contributed by atoms with van der Waals surface area (Å²) in [6, 6.07) is 7.91. The number of aromatic carboxylic acids is 1. The lowest BCUT2D eigenvalue weighted by Gasteiger charge is -2.06. The third kappa shape index (κ3) is 3.05. The van der Waals surface area contributed by atoms with Crippen LogP contribution in [-0.4, -0.2) is 27.0 Å². The number of halogens is 1. The van der Waals surface area contributed by atoms with Crippen molar-refractivity contribution in [3.05, 3.63) is 62.0 Å². The van der Waals surface area contributed by atoms with Gasteiger partial charge in [-0.3, -0.25) is 14.9 Å². The number of benzene rings is 2. The summed E-state index contributed by atoms with van der Waals surface area (Å²) in [5.74, 6) is -2.44. The minimum Gasteiger partial charge on any atom is -0.507 e. The molecule has 0 bridgehead atoms. The number of aromatic hydroxyl groups is 1. The molecule has 3 N–H and O–H groups in total. The van der Waals surface area contributed by atoms with Gasteiger partial charge in [0, 0.05) is 17.1 Å². The van der Waals surface area contributed by atoms with E-state index in [4.69, 9.17) is 16.7 Å². The SMILES string of the molecule is O=C(O)c1cc(NC(=O)c2sc3c([N+](=O)[O-])cccc3c2Cl)ccc1O. The van der Waals surface area contributed by atoms with Crippen molar-refractivity contribution < 1.29 is 24.7 Å². The maximum Gasteiger partial charge on any atom is 0.339 e. The molecular weight excluding hydrogens is 384 g/mol. The highest BCUT2D eigenvalue weighted by Crippen LogP contribution is 2.40. The van der Waals surface area contributed by atoms with Crippen LogP contribution in [0.2, 0.25) is 5.02 Å². The topological polar surface area (TPSA) is 130 Å². The molecule has 132 valence electrons. The lowest BCUT2D eigenvalue weighted by atomic mass is 10.1. The first kappa shape index (κ1) is 17.6. The zero-order valence-corrected chi connectivity index (χ0v) is 14.3. The minimum atomic E-state index is -1.35. The van der Waals surface area contributed by atoms with E-state index in [1.165, 1.54) is 18.2 Å². The summed E-state index contributed by atoms with van der Waals surface area (Å²) in [7, 11) is 0. The molecule has 3 aromatic rings. The number of carboxylic acid groups (broad SMARTS) is 1. The van der Waals surface area contributed by atoms with Crippen molar-refractivity contribution in [2.24, 2.45) is 0 Å². The number of carbonyl (C=O) groups is 2. The first-order valence-corrected chi connectivity index (χ1v) is 8.22. The Morgan fingerprint density at radius 2 is 1.96 bits per heavy atom. The molecule has 0 spiro atoms. The van der Waals surface area contributed by atoms with E-state index in [1.807, 2.05) is 0 Å². The number of phenols is 1. The number of thiophene rings is 1. The second-order valence-corrected chi connectivity index (χ2v) is 6.55. The van der Waals surface area contributed by atoms with Crippen molar-refractivity contribution in [2.75, 3.05) is 5.32 Å². The summed E-state index contributed by atoms with van der Waals surface area (Å²) in [6.45, 7) is 0. The van der Waals surface area contributed by atoms with Crippen molar-refractivity contribution in [3.8, 4) is 5.75 Å². The summed E-state index contributed by atoms with van der Waals surface area (Å²) in [4.78, 5) is 34.1. The van der Waals surface area contributed by atoms with E-state index in [2.05, 4.69) is 5.32 Å². The Bertz CT molecular complexity index is 1080. The van der Waals surface area contributed by atoms with Gasteiger partial charge in [-0.15, -0.1) is 11.3 Å². The van der Waals surface area contributed by atoms with Gasteiger partial charge in [-0.25, -0.2) is 4.79 Å². The fraction of sp³-hybridized carbons (Fsp3) is 0. The first-order valence-electron chi connectivity index (χ1n) is 7.02. The molecule has 1 amide bonds. The van der Waals surface area contributed by atoms with Gasteiger partial charge in [-0.05, 0) is 18.2 Å². The fourth-order valence-corrected chi connectivity index (χ4v) is 3.83. The Labute approximate surface area is 154 Å². The van der Waals surface area contributed by atoms with Gasteiger partial charge in [0.1, 0.15) is 20.9 Å². The highest BCUT2D eigenvalue weighted by Gasteiger charge is 2.23. The summed E-state index contributed by atoms with van der Waals surface area (Å²) in [5.41, 5.74) is -0.402. The van der Waals surface area contributed by atoms with Crippen molar-refractivity contribution in [1.29, 1.82) is 0 Å². The number of anilines is 1. The van der Waals surface area contributed by atoms with Crippen LogP contribution in [0.1, 0.15) is 20.0 Å². The number of nitrogens with one attached hydrogen (secondary N) is 1. The van der Waals surface area contributed by atoms with Gasteiger partial charge in [0.25, 0.3) is 11.6 Å². The Kier molecular flexibility index (Phi) is 4.49. The smallest absolute Gasteiger partial charge is 0.339 e. The molecule has 0 fully saturated rings. The molecule has 0 saturated carbocycles. The molecule has 1 aromatic heterocycles. The van der Waals surface area contributed by atoms with E-state index in [0.29, 0.717) is 5.39 Å². The molecule has 3 rings (SSSR count). The molecule has 26 heavy (non-hydrogen) atoms. The number of nitro benzene ring substituents is 1. The molecular formula is C16H9ClN2O6S. The van der Waals surface area contributed by atoms with Crippen LogP contribution < -0.4 is 5.32 Å². The zero-order chi connectivity index (χ0) is 19.0. The Morgan fingerprint density at radius 1 is 1.23 bits per heavy atom. The highest BCUT2D eigenvalue weighted by atomic mass is 35.5. The van der Waals surface area contributed by atoms with E-state index in [9.17, 15) is 24.8 Å². The van der Waals surface area contributed by atoms with Crippen LogP contribution in [-0.2, 0) is 0 Å². The number of rotatable bonds is 4. The summed E-state index contributed by atoms with van der Waals surface area (Å²) in [5, 5.41) is 32.6. The van der Waals surface area contributed by atoms with E-state index >= 15 is 0 Å². The average molecular weight is 393 g/mol. The molecule has 0 saturated heterocycles. The highest BCUT2D eigenvalue weighted by molar-refractivity contribution is 7.22. The van der Waals surface area contributed by atoms with Gasteiger partial charge in [-0.1, -0.05) is 23.7 Å². The molecule has 0 aliphatic carbocycles. The van der Waals surface area contributed by atoms with E-state index in [0.717, 1.165) is 23.5 Å². The monoisotopic (exact) mass is 392 g/mol. The number of amides is 1. The molecule has 8 nitrogen and oxygen atoms in total. The number of nitrogens with zero attached hydrogens (tertiary/aromatic N) is 1. The molecule has 0 aliphatic heterocycles. The van der Waals surface area contributed by atoms with Crippen molar-refractivity contribution in [1.82, 2.24) is 0 Å². The van der Waals surface area contributed by atoms with Gasteiger partial charge in [0.15, 0.2) is 0 Å². The number of non-ortho nitro benzene ring substituents is 1. The second kappa shape index (κ2) is 6.62. The Hall–Kier alpha value is -3.17. The Balaban J connectivity index is 2.00. The number of hydrogen-bond donors (Lipinski definition) is 3. The number of carbonyl (C=O) groups excluding carboxylic acids is 1. The van der Waals surface area contributed by atoms with Crippen LogP contribution in [0, 0.1) is 10.1 Å². The van der Waals surface area contributed by atoms with Crippen molar-refractivity contribution >= 4 is 56.3 Å². The average Bonchev–Trinajstić information content (AvgIpc) is 2.93. The molecule has 10 heteroatoms. The third-order valence-corrected chi connectivity index (χ3v) is 5.25. The maximum atomic E-state index is 12.5. The second-order valence-electron chi connectivity index (χ2n) is 5.15. The quantitative estimate of drug-likeness (QED) is 0.348. The standard InChI is InChI=1S/C16H9ClN2O6S/c17-12-8-2-1-3-10(19(24)25)13(8)26-14(12)15(21)18-7-4-5-11(20)9(6-7)16(22)23/h1-6,20H,(H,18,21)(H,22,23). The van der Waals surface area contributed by atoms with E-state index < -0.39 is 22.5 Å². The normalized spacial score (nSPS) is 10.7. The van der Waals surface area contributed by atoms with E-state index in [1.54, 1.807) is 6.07 Å². The predicted octanol–water partition coefficient (Wildman–Crippen LogP) is 4.12. The van der Waals surface area contributed by atoms with Crippen LogP contribution in [0.5, 0.6) is 5.75 Å². The number of carboxylic acids is 1. The van der Waals surface area contributed by atoms with Crippen LogP contribution in [0.4, 0.5) is 11.4 Å². The molecule has 0 radical (unpaired) electrons. The lowest BCUT2D eigenvalue weighted by Crippen LogP contribution is -2.11. The number of hydrogen-bond acceptors (Lipinski definition) is 6.